The molecule has 0 atom stereocenters. The lowest BCUT2D eigenvalue weighted by atomic mass is 10.2. The van der Waals surface area contributed by atoms with E-state index in [9.17, 15) is 4.79 Å². The minimum atomic E-state index is -0.0212. The number of rotatable bonds is 5. The maximum absolute atomic E-state index is 11.6. The quantitative estimate of drug-likeness (QED) is 0.716. The van der Waals surface area contributed by atoms with E-state index in [2.05, 4.69) is 30.7 Å². The second-order valence-corrected chi connectivity index (χ2v) is 5.79. The molecule has 0 unspecified atom stereocenters. The Morgan fingerprint density at radius 2 is 2.24 bits per heavy atom. The number of amides is 2. The van der Waals surface area contributed by atoms with Crippen LogP contribution in [0.4, 0.5) is 10.6 Å². The van der Waals surface area contributed by atoms with Crippen LogP contribution in [0.25, 0.3) is 22.4 Å². The van der Waals surface area contributed by atoms with Gasteiger partial charge in [-0.2, -0.15) is 5.10 Å². The third kappa shape index (κ3) is 2.95. The maximum Gasteiger partial charge on any atom is 0.317 e. The van der Waals surface area contributed by atoms with Gasteiger partial charge in [-0.3, -0.25) is 9.67 Å². The van der Waals surface area contributed by atoms with Crippen LogP contribution < -0.4 is 10.6 Å². The van der Waals surface area contributed by atoms with Gasteiger partial charge in [0.25, 0.3) is 0 Å². The van der Waals surface area contributed by atoms with Gasteiger partial charge in [-0.1, -0.05) is 0 Å². The number of anilines is 1. The van der Waals surface area contributed by atoms with Crippen molar-refractivity contribution in [1.82, 2.24) is 34.9 Å². The van der Waals surface area contributed by atoms with E-state index < -0.39 is 0 Å². The average Bonchev–Trinajstić information content (AvgIpc) is 3.22. The van der Waals surface area contributed by atoms with E-state index in [4.69, 9.17) is 0 Å². The van der Waals surface area contributed by atoms with E-state index >= 15 is 0 Å². The van der Waals surface area contributed by atoms with Gasteiger partial charge in [0.15, 0.2) is 11.5 Å². The highest BCUT2D eigenvalue weighted by Crippen LogP contribution is 2.23. The molecule has 0 aromatic carbocycles. The molecule has 25 heavy (non-hydrogen) atoms. The van der Waals surface area contributed by atoms with Crippen molar-refractivity contribution in [2.75, 3.05) is 31.5 Å². The van der Waals surface area contributed by atoms with Crippen molar-refractivity contribution >= 4 is 22.9 Å². The SMILES string of the molecule is Cn1ncc2c(NCCN3CCNC3=O)nc(-c3cccnc3)nc21. The van der Waals surface area contributed by atoms with Crippen molar-refractivity contribution in [2.45, 2.75) is 0 Å². The van der Waals surface area contributed by atoms with E-state index in [1.54, 1.807) is 28.2 Å². The van der Waals surface area contributed by atoms with Crippen LogP contribution in [0.5, 0.6) is 0 Å². The topological polar surface area (TPSA) is 101 Å². The van der Waals surface area contributed by atoms with E-state index in [-0.39, 0.29) is 6.03 Å². The Bertz CT molecular complexity index is 907. The molecule has 9 heteroatoms. The van der Waals surface area contributed by atoms with Crippen molar-refractivity contribution in [3.05, 3.63) is 30.7 Å². The minimum Gasteiger partial charge on any atom is -0.368 e. The summed E-state index contributed by atoms with van der Waals surface area (Å²) in [7, 11) is 1.85. The van der Waals surface area contributed by atoms with Crippen LogP contribution in [-0.4, -0.2) is 61.8 Å². The Hall–Kier alpha value is -3.23. The van der Waals surface area contributed by atoms with Crippen LogP contribution in [0.1, 0.15) is 0 Å². The normalized spacial score (nSPS) is 14.1. The number of carbonyl (C=O) groups excluding carboxylic acids is 1. The molecule has 128 valence electrons. The van der Waals surface area contributed by atoms with Gasteiger partial charge in [-0.25, -0.2) is 14.8 Å². The monoisotopic (exact) mass is 338 g/mol. The fraction of sp³-hybridized carbons (Fsp3) is 0.312. The number of pyridine rings is 1. The predicted octanol–water partition coefficient (Wildman–Crippen LogP) is 0.862. The molecule has 1 aliphatic heterocycles. The first-order valence-electron chi connectivity index (χ1n) is 8.09. The van der Waals surface area contributed by atoms with E-state index in [0.717, 1.165) is 23.1 Å². The highest BCUT2D eigenvalue weighted by molar-refractivity contribution is 5.88. The number of carbonyl (C=O) groups is 1. The molecule has 1 fully saturated rings. The Morgan fingerprint density at radius 3 is 3.00 bits per heavy atom. The molecule has 0 spiro atoms. The summed E-state index contributed by atoms with van der Waals surface area (Å²) in [5.74, 6) is 1.29. The Morgan fingerprint density at radius 1 is 1.32 bits per heavy atom. The van der Waals surface area contributed by atoms with Gasteiger partial charge in [0, 0.05) is 51.2 Å². The fourth-order valence-corrected chi connectivity index (χ4v) is 2.81. The van der Waals surface area contributed by atoms with Crippen LogP contribution in [0.15, 0.2) is 30.7 Å². The van der Waals surface area contributed by atoms with Gasteiger partial charge in [0.05, 0.1) is 11.6 Å². The van der Waals surface area contributed by atoms with Gasteiger partial charge in [-0.15, -0.1) is 0 Å². The Balaban J connectivity index is 1.61. The number of fused-ring (bicyclic) bond motifs is 1. The molecule has 2 N–H and O–H groups in total. The standard InChI is InChI=1S/C16H18N8O/c1-23-15-12(10-20-23)14(18-5-7-24-8-6-19-16(24)25)21-13(22-15)11-3-2-4-17-9-11/h2-4,9-10H,5-8H2,1H3,(H,19,25)(H,18,21,22). The largest absolute Gasteiger partial charge is 0.368 e. The lowest BCUT2D eigenvalue weighted by molar-refractivity contribution is 0.219. The number of urea groups is 1. The Kier molecular flexibility index (Phi) is 3.88. The van der Waals surface area contributed by atoms with Gasteiger partial charge in [-0.05, 0) is 12.1 Å². The van der Waals surface area contributed by atoms with Crippen molar-refractivity contribution in [3.63, 3.8) is 0 Å². The summed E-state index contributed by atoms with van der Waals surface area (Å²) in [5.41, 5.74) is 1.59. The van der Waals surface area contributed by atoms with Gasteiger partial charge >= 0.3 is 6.03 Å². The van der Waals surface area contributed by atoms with Gasteiger partial charge < -0.3 is 15.5 Å². The van der Waals surface area contributed by atoms with Crippen molar-refractivity contribution < 1.29 is 4.79 Å². The molecule has 0 aliphatic carbocycles. The summed E-state index contributed by atoms with van der Waals surface area (Å²) in [6, 6.07) is 3.75. The molecule has 3 aromatic heterocycles. The molecule has 2 amide bonds. The highest BCUT2D eigenvalue weighted by atomic mass is 16.2. The number of hydrogen-bond donors (Lipinski definition) is 2. The highest BCUT2D eigenvalue weighted by Gasteiger charge is 2.19. The number of aromatic nitrogens is 5. The first-order valence-corrected chi connectivity index (χ1v) is 8.09. The zero-order valence-electron chi connectivity index (χ0n) is 13.8. The second kappa shape index (κ2) is 6.34. The molecular weight excluding hydrogens is 320 g/mol. The lowest BCUT2D eigenvalue weighted by Gasteiger charge is -2.15. The smallest absolute Gasteiger partial charge is 0.317 e. The van der Waals surface area contributed by atoms with E-state index in [1.165, 1.54) is 0 Å². The molecule has 9 nitrogen and oxygen atoms in total. The second-order valence-electron chi connectivity index (χ2n) is 5.79. The molecule has 3 aromatic rings. The van der Waals surface area contributed by atoms with Crippen molar-refractivity contribution in [3.8, 4) is 11.4 Å². The van der Waals surface area contributed by atoms with Gasteiger partial charge in [0.1, 0.15) is 5.82 Å². The summed E-state index contributed by atoms with van der Waals surface area (Å²) >= 11 is 0. The summed E-state index contributed by atoms with van der Waals surface area (Å²) < 4.78 is 1.72. The summed E-state index contributed by atoms with van der Waals surface area (Å²) in [4.78, 5) is 26.7. The number of aryl methyl sites for hydroxylation is 1. The molecule has 1 aliphatic rings. The zero-order valence-corrected chi connectivity index (χ0v) is 13.8. The summed E-state index contributed by atoms with van der Waals surface area (Å²) in [6.07, 6.45) is 5.19. The van der Waals surface area contributed by atoms with E-state index in [1.807, 2.05) is 19.2 Å². The summed E-state index contributed by atoms with van der Waals surface area (Å²) in [5, 5.41) is 11.2. The van der Waals surface area contributed by atoms with Crippen LogP contribution in [0, 0.1) is 0 Å². The summed E-state index contributed by atoms with van der Waals surface area (Å²) in [6.45, 7) is 2.64. The number of nitrogens with one attached hydrogen (secondary N) is 2. The Labute approximate surface area is 144 Å². The van der Waals surface area contributed by atoms with Crippen LogP contribution in [-0.2, 0) is 7.05 Å². The van der Waals surface area contributed by atoms with E-state index in [0.29, 0.717) is 31.3 Å². The van der Waals surface area contributed by atoms with Gasteiger partial charge in [0.2, 0.25) is 0 Å². The van der Waals surface area contributed by atoms with Crippen LogP contribution >= 0.6 is 0 Å². The molecule has 0 radical (unpaired) electrons. The molecular formula is C16H18N8O. The maximum atomic E-state index is 11.6. The molecule has 0 saturated carbocycles. The third-order valence-corrected chi connectivity index (χ3v) is 4.13. The van der Waals surface area contributed by atoms with Crippen LogP contribution in [0.3, 0.4) is 0 Å². The lowest BCUT2D eigenvalue weighted by Crippen LogP contribution is -2.32. The molecule has 4 rings (SSSR count). The minimum absolute atomic E-state index is 0.0212. The molecule has 0 bridgehead atoms. The fourth-order valence-electron chi connectivity index (χ4n) is 2.81. The number of nitrogens with zero attached hydrogens (tertiary/aromatic N) is 6. The van der Waals surface area contributed by atoms with Crippen LogP contribution in [0.2, 0.25) is 0 Å². The zero-order chi connectivity index (χ0) is 17.2. The number of hydrogen-bond acceptors (Lipinski definition) is 6. The first-order chi connectivity index (χ1) is 12.2. The predicted molar refractivity (Wildman–Crippen MR) is 93.0 cm³/mol. The first kappa shape index (κ1) is 15.3. The average molecular weight is 338 g/mol. The van der Waals surface area contributed by atoms with Crippen molar-refractivity contribution in [1.29, 1.82) is 0 Å². The third-order valence-electron chi connectivity index (χ3n) is 4.13. The molecule has 4 heterocycles. The molecule has 1 saturated heterocycles. The van der Waals surface area contributed by atoms with Crippen molar-refractivity contribution in [2.24, 2.45) is 7.05 Å².